The average molecular weight is 241 g/mol. The van der Waals surface area contributed by atoms with Gasteiger partial charge in [0.2, 0.25) is 0 Å². The number of nitrogens with one attached hydrogen (secondary N) is 1. The highest BCUT2D eigenvalue weighted by Gasteiger charge is 2.23. The van der Waals surface area contributed by atoms with Gasteiger partial charge in [-0.25, -0.2) is 0 Å². The number of carbonyl (C=O) groups is 1. The van der Waals surface area contributed by atoms with Crippen molar-refractivity contribution in [3.05, 3.63) is 21.9 Å². The van der Waals surface area contributed by atoms with E-state index in [1.165, 1.54) is 10.4 Å². The van der Waals surface area contributed by atoms with E-state index in [2.05, 4.69) is 37.5 Å². The number of hydrogen-bond acceptors (Lipinski definition) is 3. The molecule has 0 spiro atoms. The molecule has 2 N–H and O–H groups in total. The van der Waals surface area contributed by atoms with E-state index in [-0.39, 0.29) is 11.8 Å². The molecule has 0 aromatic carbocycles. The zero-order valence-electron chi connectivity index (χ0n) is 10.0. The van der Waals surface area contributed by atoms with E-state index in [4.69, 9.17) is 5.11 Å². The topological polar surface area (TPSA) is 49.3 Å². The number of aryl methyl sites for hydroxylation is 1. The Hall–Kier alpha value is -0.870. The van der Waals surface area contributed by atoms with Crippen LogP contribution in [0, 0.1) is 6.92 Å². The third kappa shape index (κ3) is 3.61. The van der Waals surface area contributed by atoms with Crippen molar-refractivity contribution in [2.24, 2.45) is 0 Å². The van der Waals surface area contributed by atoms with Crippen LogP contribution in [0.15, 0.2) is 11.4 Å². The van der Waals surface area contributed by atoms with Crippen LogP contribution < -0.4 is 5.32 Å². The number of rotatable bonds is 6. The molecular weight excluding hydrogens is 222 g/mol. The van der Waals surface area contributed by atoms with E-state index in [1.807, 2.05) is 0 Å². The summed E-state index contributed by atoms with van der Waals surface area (Å²) in [5.41, 5.74) is 1.38. The highest BCUT2D eigenvalue weighted by molar-refractivity contribution is 7.10. The van der Waals surface area contributed by atoms with Crippen molar-refractivity contribution in [2.75, 3.05) is 13.1 Å². The Bertz CT molecular complexity index is 358. The van der Waals surface area contributed by atoms with E-state index < -0.39 is 5.97 Å². The predicted molar refractivity (Wildman–Crippen MR) is 67.2 cm³/mol. The molecule has 0 fully saturated rings. The molecule has 0 amide bonds. The van der Waals surface area contributed by atoms with E-state index in [0.717, 1.165) is 6.54 Å². The summed E-state index contributed by atoms with van der Waals surface area (Å²) in [7, 11) is 0. The maximum Gasteiger partial charge on any atom is 0.304 e. The Morgan fingerprint density at radius 1 is 1.56 bits per heavy atom. The smallest absolute Gasteiger partial charge is 0.304 e. The molecule has 0 aliphatic rings. The molecule has 0 aliphatic heterocycles. The Kier molecular flexibility index (Phi) is 4.50. The minimum Gasteiger partial charge on any atom is -0.481 e. The molecular formula is C12H19NO2S. The molecule has 0 atom stereocenters. The summed E-state index contributed by atoms with van der Waals surface area (Å²) in [5.74, 6) is -0.752. The Morgan fingerprint density at radius 2 is 2.25 bits per heavy atom. The van der Waals surface area contributed by atoms with Gasteiger partial charge in [0.05, 0.1) is 6.42 Å². The molecule has 16 heavy (non-hydrogen) atoms. The van der Waals surface area contributed by atoms with Crippen LogP contribution in [-0.4, -0.2) is 24.2 Å². The maximum atomic E-state index is 10.4. The van der Waals surface area contributed by atoms with Gasteiger partial charge in [-0.15, -0.1) is 11.3 Å². The molecule has 0 bridgehead atoms. The van der Waals surface area contributed by atoms with Crippen LogP contribution in [0.25, 0.3) is 0 Å². The average Bonchev–Trinajstić information content (AvgIpc) is 2.59. The molecule has 0 saturated heterocycles. The van der Waals surface area contributed by atoms with Gasteiger partial charge < -0.3 is 10.4 Å². The third-order valence-corrected chi connectivity index (χ3v) is 3.94. The van der Waals surface area contributed by atoms with E-state index >= 15 is 0 Å². The highest BCUT2D eigenvalue weighted by Crippen LogP contribution is 2.30. The SMILES string of the molecule is Cc1ccsc1C(C)(C)CNCCC(=O)O. The van der Waals surface area contributed by atoms with Gasteiger partial charge in [0, 0.05) is 23.4 Å². The molecule has 1 aromatic rings. The normalized spacial score (nSPS) is 11.7. The van der Waals surface area contributed by atoms with Gasteiger partial charge in [0.1, 0.15) is 0 Å². The Morgan fingerprint density at radius 3 is 2.75 bits per heavy atom. The zero-order valence-corrected chi connectivity index (χ0v) is 10.9. The van der Waals surface area contributed by atoms with E-state index in [9.17, 15) is 4.79 Å². The van der Waals surface area contributed by atoms with Crippen LogP contribution >= 0.6 is 11.3 Å². The van der Waals surface area contributed by atoms with Crippen molar-refractivity contribution in [1.29, 1.82) is 0 Å². The lowest BCUT2D eigenvalue weighted by molar-refractivity contribution is -0.136. The molecule has 0 unspecified atom stereocenters. The first kappa shape index (κ1) is 13.2. The quantitative estimate of drug-likeness (QED) is 0.752. The highest BCUT2D eigenvalue weighted by atomic mass is 32.1. The van der Waals surface area contributed by atoms with Gasteiger partial charge >= 0.3 is 5.97 Å². The first-order valence-corrected chi connectivity index (χ1v) is 6.28. The van der Waals surface area contributed by atoms with Crippen LogP contribution in [0.4, 0.5) is 0 Å². The zero-order chi connectivity index (χ0) is 12.2. The molecule has 4 heteroatoms. The van der Waals surface area contributed by atoms with Crippen LogP contribution in [0.1, 0.15) is 30.7 Å². The van der Waals surface area contributed by atoms with Crippen LogP contribution in [0.2, 0.25) is 0 Å². The lowest BCUT2D eigenvalue weighted by Gasteiger charge is -2.25. The first-order valence-electron chi connectivity index (χ1n) is 5.40. The fourth-order valence-electron chi connectivity index (χ4n) is 1.74. The van der Waals surface area contributed by atoms with Gasteiger partial charge in [0.25, 0.3) is 0 Å². The number of carboxylic acids is 1. The van der Waals surface area contributed by atoms with Crippen molar-refractivity contribution < 1.29 is 9.90 Å². The molecule has 0 saturated carbocycles. The van der Waals surface area contributed by atoms with Gasteiger partial charge in [-0.05, 0) is 23.9 Å². The predicted octanol–water partition coefficient (Wildman–Crippen LogP) is 2.40. The lowest BCUT2D eigenvalue weighted by atomic mass is 9.89. The maximum absolute atomic E-state index is 10.4. The van der Waals surface area contributed by atoms with Crippen molar-refractivity contribution in [1.82, 2.24) is 5.32 Å². The Balaban J connectivity index is 2.46. The number of carboxylic acid groups (broad SMARTS) is 1. The summed E-state index contributed by atoms with van der Waals surface area (Å²) in [5, 5.41) is 13.8. The lowest BCUT2D eigenvalue weighted by Crippen LogP contribution is -2.33. The standard InChI is InChI=1S/C12H19NO2S/c1-9-5-7-16-11(9)12(2,3)8-13-6-4-10(14)15/h5,7,13H,4,6,8H2,1-3H3,(H,14,15). The number of hydrogen-bond donors (Lipinski definition) is 2. The molecule has 3 nitrogen and oxygen atoms in total. The van der Waals surface area contributed by atoms with Crippen molar-refractivity contribution >= 4 is 17.3 Å². The van der Waals surface area contributed by atoms with Crippen LogP contribution in [0.5, 0.6) is 0 Å². The van der Waals surface area contributed by atoms with Crippen molar-refractivity contribution in [3.8, 4) is 0 Å². The van der Waals surface area contributed by atoms with Crippen molar-refractivity contribution in [3.63, 3.8) is 0 Å². The summed E-state index contributed by atoms with van der Waals surface area (Å²) in [6.07, 6.45) is 0.180. The fraction of sp³-hybridized carbons (Fsp3) is 0.583. The largest absolute Gasteiger partial charge is 0.481 e. The number of aliphatic carboxylic acids is 1. The second kappa shape index (κ2) is 5.46. The molecule has 1 heterocycles. The molecule has 0 radical (unpaired) electrons. The first-order chi connectivity index (χ1) is 7.43. The fourth-order valence-corrected chi connectivity index (χ4v) is 2.80. The van der Waals surface area contributed by atoms with Crippen molar-refractivity contribution in [2.45, 2.75) is 32.6 Å². The minimum absolute atomic E-state index is 0.0662. The molecule has 1 aromatic heterocycles. The number of thiophene rings is 1. The van der Waals surface area contributed by atoms with Crippen LogP contribution in [0.3, 0.4) is 0 Å². The van der Waals surface area contributed by atoms with Crippen LogP contribution in [-0.2, 0) is 10.2 Å². The van der Waals surface area contributed by atoms with Gasteiger partial charge in [-0.2, -0.15) is 0 Å². The monoisotopic (exact) mass is 241 g/mol. The van der Waals surface area contributed by atoms with E-state index in [0.29, 0.717) is 6.54 Å². The molecule has 90 valence electrons. The second-order valence-corrected chi connectivity index (χ2v) is 5.55. The summed E-state index contributed by atoms with van der Waals surface area (Å²) >= 11 is 1.76. The summed E-state index contributed by atoms with van der Waals surface area (Å²) < 4.78 is 0. The van der Waals surface area contributed by atoms with Gasteiger partial charge in [-0.1, -0.05) is 13.8 Å². The van der Waals surface area contributed by atoms with Gasteiger partial charge in [0.15, 0.2) is 0 Å². The minimum atomic E-state index is -0.752. The Labute approximate surface area is 100 Å². The summed E-state index contributed by atoms with van der Waals surface area (Å²) in [4.78, 5) is 11.7. The third-order valence-electron chi connectivity index (χ3n) is 2.56. The summed E-state index contributed by atoms with van der Waals surface area (Å²) in [6, 6.07) is 2.12. The second-order valence-electron chi connectivity index (χ2n) is 4.64. The van der Waals surface area contributed by atoms with Gasteiger partial charge in [-0.3, -0.25) is 4.79 Å². The molecule has 1 rings (SSSR count). The summed E-state index contributed by atoms with van der Waals surface area (Å²) in [6.45, 7) is 7.81. The molecule has 0 aliphatic carbocycles. The van der Waals surface area contributed by atoms with E-state index in [1.54, 1.807) is 11.3 Å².